The van der Waals surface area contributed by atoms with Crippen LogP contribution >= 0.6 is 0 Å². The molecule has 0 saturated carbocycles. The molecule has 460 valence electrons. The van der Waals surface area contributed by atoms with Crippen LogP contribution in [0, 0.1) is 11.6 Å². The number of carbonyl (C=O) groups excluding carboxylic acids is 8. The average molecular weight is 1200 g/mol. The fourth-order valence-electron chi connectivity index (χ4n) is 10.5. The molecule has 23 nitrogen and oxygen atoms in total. The van der Waals surface area contributed by atoms with Crippen molar-refractivity contribution < 1.29 is 61.7 Å². The van der Waals surface area contributed by atoms with Crippen LogP contribution in [0.5, 0.6) is 11.5 Å². The van der Waals surface area contributed by atoms with Gasteiger partial charge in [0, 0.05) is 82.4 Å². The molecule has 0 unspecified atom stereocenters. The molecular formula is C62H72F2N12O11. The minimum atomic E-state index is -1.26. The number of halogens is 2. The van der Waals surface area contributed by atoms with Crippen molar-refractivity contribution in [3.05, 3.63) is 154 Å². The second kappa shape index (κ2) is 30.9. The number of alkyl carbamates (subject to hydrolysis) is 1. The van der Waals surface area contributed by atoms with Crippen molar-refractivity contribution in [3.63, 3.8) is 0 Å². The molecule has 12 N–H and O–H groups in total. The average Bonchev–Trinajstić information content (AvgIpc) is 2.25. The molecule has 0 radical (unpaired) electrons. The lowest BCUT2D eigenvalue weighted by Crippen LogP contribution is -2.62. The number of ether oxygens (including phenoxy) is 2. The number of nitrogens with one attached hydrogen (secondary N) is 9. The topological polar surface area (TPSA) is 325 Å². The Labute approximate surface area is 501 Å². The SMILES string of the molecule is CCC(=O)NCCNC(=O)NC(N)=NCCC[C@@H](NC(=O)[C@H](c1ccc(OCCCNC(=O)C[C@H]2NC(=O)[C@@H](CCCNC(=O)OCC3c4ccccc4-c4ccccc43)NC2=O)cc1)N1Cc2ccccc2C1)C(=O)NCc1c(F)cc(O)cc1F. The highest BCUT2D eigenvalue weighted by Crippen LogP contribution is 2.44. The Morgan fingerprint density at radius 3 is 2.01 bits per heavy atom. The van der Waals surface area contributed by atoms with Gasteiger partial charge in [-0.15, -0.1) is 0 Å². The molecule has 0 aromatic heterocycles. The zero-order valence-corrected chi connectivity index (χ0v) is 48.1. The molecule has 2 aliphatic heterocycles. The highest BCUT2D eigenvalue weighted by atomic mass is 19.1. The Bertz CT molecular complexity index is 3240. The number of phenolic OH excluding ortho intramolecular Hbond substituents is 1. The predicted octanol–water partition coefficient (Wildman–Crippen LogP) is 4.03. The first kappa shape index (κ1) is 63.4. The minimum Gasteiger partial charge on any atom is -0.508 e. The molecular weight excluding hydrogens is 1130 g/mol. The summed E-state index contributed by atoms with van der Waals surface area (Å²) in [6.45, 7) is 2.95. The minimum absolute atomic E-state index is 0.00412. The van der Waals surface area contributed by atoms with Crippen molar-refractivity contribution in [1.82, 2.24) is 52.8 Å². The lowest BCUT2D eigenvalue weighted by Gasteiger charge is -2.29. The molecule has 5 aromatic carbocycles. The smallest absolute Gasteiger partial charge is 0.407 e. The van der Waals surface area contributed by atoms with E-state index in [1.165, 1.54) is 0 Å². The van der Waals surface area contributed by atoms with Crippen LogP contribution in [0.3, 0.4) is 0 Å². The largest absolute Gasteiger partial charge is 0.508 e. The Balaban J connectivity index is 0.786. The van der Waals surface area contributed by atoms with E-state index >= 15 is 0 Å². The number of carbonyl (C=O) groups is 8. The third-order valence-corrected chi connectivity index (χ3v) is 15.0. The quantitative estimate of drug-likeness (QED) is 0.0192. The standard InChI is InChI=1S/C62H72F2N12O11/c1-2-53(78)67-27-28-69-61(84)75-60(65)68-24-9-18-50(56(80)71-33-46-48(63)30-40(77)31-49(46)64)73-59(83)55(76-34-38-12-3-4-13-39(38)35-76)37-20-22-41(23-21-37)86-29-11-26-66-54(79)32-52-58(82)72-51(57(81)74-52)19-10-25-70-62(85)87-36-47-44-16-7-5-14-42(44)43-15-6-8-17-45(43)47/h3-8,12-17,20-23,30-31,47,50-52,55,77H,2,9-11,18-19,24-29,32-36H2,1H3,(H,66,79)(H,67,78)(H,70,85)(H,71,80)(H,72,82)(H,73,83)(H,74,81)(H4,65,68,69,75,84)/t50-,51-,52-,55+/m1/s1. The highest BCUT2D eigenvalue weighted by Gasteiger charge is 2.36. The van der Waals surface area contributed by atoms with Gasteiger partial charge in [0.15, 0.2) is 5.96 Å². The number of guanidine groups is 1. The van der Waals surface area contributed by atoms with Crippen LogP contribution in [0.4, 0.5) is 18.4 Å². The second-order valence-corrected chi connectivity index (χ2v) is 21.1. The molecule has 3 aliphatic rings. The van der Waals surface area contributed by atoms with E-state index < -0.39 is 95.3 Å². The fourth-order valence-corrected chi connectivity index (χ4v) is 10.5. The van der Waals surface area contributed by atoms with Gasteiger partial charge in [-0.1, -0.05) is 91.9 Å². The summed E-state index contributed by atoms with van der Waals surface area (Å²) in [5.74, 6) is -5.58. The zero-order valence-electron chi connectivity index (χ0n) is 48.1. The normalized spacial score (nSPS) is 15.9. The van der Waals surface area contributed by atoms with Crippen molar-refractivity contribution >= 4 is 53.5 Å². The summed E-state index contributed by atoms with van der Waals surface area (Å²) in [6.07, 6.45) is 0.544. The third-order valence-electron chi connectivity index (χ3n) is 15.0. The number of hydrogen-bond acceptors (Lipinski definition) is 13. The Kier molecular flexibility index (Phi) is 22.5. The molecule has 8 rings (SSSR count). The molecule has 25 heteroatoms. The second-order valence-electron chi connectivity index (χ2n) is 21.1. The Hall–Kier alpha value is -9.65. The van der Waals surface area contributed by atoms with Crippen LogP contribution in [0.1, 0.15) is 97.2 Å². The maximum absolute atomic E-state index is 14.7. The first-order chi connectivity index (χ1) is 42.0. The summed E-state index contributed by atoms with van der Waals surface area (Å²) in [7, 11) is 0. The van der Waals surface area contributed by atoms with Gasteiger partial charge in [-0.3, -0.25) is 44.0 Å². The number of nitrogens with two attached hydrogens (primary N) is 1. The molecule has 1 saturated heterocycles. The van der Waals surface area contributed by atoms with Crippen molar-refractivity contribution in [1.29, 1.82) is 0 Å². The van der Waals surface area contributed by atoms with Gasteiger partial charge in [0.2, 0.25) is 35.4 Å². The number of aromatic hydroxyl groups is 1. The van der Waals surface area contributed by atoms with Gasteiger partial charge >= 0.3 is 12.1 Å². The molecule has 0 bridgehead atoms. The Morgan fingerprint density at radius 2 is 1.33 bits per heavy atom. The lowest BCUT2D eigenvalue weighted by molar-refractivity contribution is -0.138. The van der Waals surface area contributed by atoms with Gasteiger partial charge in [0.05, 0.1) is 13.0 Å². The number of urea groups is 1. The van der Waals surface area contributed by atoms with Gasteiger partial charge in [-0.05, 0) is 83.2 Å². The van der Waals surface area contributed by atoms with E-state index in [0.717, 1.165) is 33.4 Å². The van der Waals surface area contributed by atoms with Crippen LogP contribution in [0.25, 0.3) is 11.1 Å². The van der Waals surface area contributed by atoms with Crippen LogP contribution in [0.15, 0.2) is 114 Å². The molecule has 5 aromatic rings. The predicted molar refractivity (Wildman–Crippen MR) is 316 cm³/mol. The number of rotatable bonds is 28. The van der Waals surface area contributed by atoms with Gasteiger partial charge in [-0.2, -0.15) is 0 Å². The number of aliphatic imine (C=N–C) groups is 1. The monoisotopic (exact) mass is 1200 g/mol. The summed E-state index contributed by atoms with van der Waals surface area (Å²) in [5, 5.41) is 33.3. The maximum Gasteiger partial charge on any atom is 0.407 e. The highest BCUT2D eigenvalue weighted by molar-refractivity contribution is 5.99. The van der Waals surface area contributed by atoms with Gasteiger partial charge < -0.3 is 62.8 Å². The van der Waals surface area contributed by atoms with Crippen molar-refractivity contribution in [3.8, 4) is 22.6 Å². The number of hydrogen-bond donors (Lipinski definition) is 11. The van der Waals surface area contributed by atoms with E-state index in [-0.39, 0.29) is 89.4 Å². The third kappa shape index (κ3) is 17.7. The number of benzene rings is 5. The maximum atomic E-state index is 14.7. The van der Waals surface area contributed by atoms with Crippen LogP contribution in [-0.4, -0.2) is 128 Å². The number of fused-ring (bicyclic) bond motifs is 4. The van der Waals surface area contributed by atoms with E-state index in [9.17, 15) is 52.2 Å². The van der Waals surface area contributed by atoms with Crippen molar-refractivity contribution in [2.75, 3.05) is 45.9 Å². The number of amides is 9. The van der Waals surface area contributed by atoms with E-state index in [2.05, 4.69) is 65.0 Å². The molecule has 1 aliphatic carbocycles. The van der Waals surface area contributed by atoms with Crippen LogP contribution in [-0.2, 0) is 53.1 Å². The van der Waals surface area contributed by atoms with E-state index in [1.54, 1.807) is 31.2 Å². The molecule has 4 atom stereocenters. The molecule has 9 amide bonds. The Morgan fingerprint density at radius 1 is 0.724 bits per heavy atom. The first-order valence-electron chi connectivity index (χ1n) is 28.9. The van der Waals surface area contributed by atoms with Gasteiger partial charge in [-0.25, -0.2) is 18.4 Å². The summed E-state index contributed by atoms with van der Waals surface area (Å²) >= 11 is 0. The number of phenols is 1. The molecule has 0 spiro atoms. The fraction of sp³-hybridized carbons (Fsp3) is 0.371. The lowest BCUT2D eigenvalue weighted by atomic mass is 9.98. The van der Waals surface area contributed by atoms with E-state index in [0.29, 0.717) is 55.8 Å². The summed E-state index contributed by atoms with van der Waals surface area (Å²) in [5.41, 5.74) is 12.4. The van der Waals surface area contributed by atoms with Crippen LogP contribution < -0.4 is 58.3 Å². The summed E-state index contributed by atoms with van der Waals surface area (Å²) in [4.78, 5) is 110. The van der Waals surface area contributed by atoms with Crippen molar-refractivity contribution in [2.24, 2.45) is 10.7 Å². The molecule has 87 heavy (non-hydrogen) atoms. The molecule has 1 fully saturated rings. The summed E-state index contributed by atoms with van der Waals surface area (Å²) in [6, 6.07) is 27.2. The van der Waals surface area contributed by atoms with Crippen molar-refractivity contribution in [2.45, 2.75) is 102 Å². The van der Waals surface area contributed by atoms with Gasteiger partial charge in [0.1, 0.15) is 53.9 Å². The van der Waals surface area contributed by atoms with E-state index in [1.807, 2.05) is 65.6 Å². The van der Waals surface area contributed by atoms with Crippen LogP contribution in [0.2, 0.25) is 0 Å². The van der Waals surface area contributed by atoms with Gasteiger partial charge in [0.25, 0.3) is 0 Å². The molecule has 2 heterocycles. The number of nitrogens with zero attached hydrogens (tertiary/aromatic N) is 2. The summed E-state index contributed by atoms with van der Waals surface area (Å²) < 4.78 is 41.0. The number of piperazine rings is 1. The first-order valence-corrected chi connectivity index (χ1v) is 28.9. The van der Waals surface area contributed by atoms with E-state index in [4.69, 9.17) is 15.2 Å². The zero-order chi connectivity index (χ0) is 61.8.